The third-order valence-corrected chi connectivity index (χ3v) is 18.4. The number of fused-ring (bicyclic) bond motifs is 8. The molecule has 8 rings (SSSR count). The summed E-state index contributed by atoms with van der Waals surface area (Å²) in [5.74, 6) is 0.384. The van der Waals surface area contributed by atoms with E-state index in [4.69, 9.17) is 4.74 Å². The Balaban J connectivity index is 1.31. The van der Waals surface area contributed by atoms with Crippen LogP contribution in [0.2, 0.25) is 0 Å². The van der Waals surface area contributed by atoms with Gasteiger partial charge in [-0.1, -0.05) is 31.4 Å². The van der Waals surface area contributed by atoms with Gasteiger partial charge in [-0.2, -0.15) is 0 Å². The standard InChI is InChI=1S/C38H52N2O6S2/c1-24(2)47(42,43)22-35(41)26-11-13-31-34(18-26)40-23-38(48(44,45)29-15-17-39-16-7-10-27(39)19-29)21-33(38)32-20-28(46-3)12-14-30(32)37(40)36(31)25-8-5-4-6-9-25/h12-14,18,20,24-27,29,33,35,41H,4-11,15-17,19,21-23H2,1-3H3. The Kier molecular flexibility index (Phi) is 8.25. The number of sulfone groups is 2. The molecule has 0 amide bonds. The molecule has 4 heterocycles. The van der Waals surface area contributed by atoms with Crippen molar-refractivity contribution in [1.29, 1.82) is 0 Å². The molecule has 8 nitrogen and oxygen atoms in total. The van der Waals surface area contributed by atoms with Gasteiger partial charge in [0.1, 0.15) is 5.75 Å². The fraction of sp³-hybridized carbons (Fsp3) is 0.684. The number of piperidine rings is 1. The van der Waals surface area contributed by atoms with Gasteiger partial charge in [0.05, 0.1) is 39.9 Å². The number of aliphatic hydroxyl groups excluding tert-OH is 1. The van der Waals surface area contributed by atoms with E-state index in [1.807, 2.05) is 6.07 Å². The first-order valence-electron chi connectivity index (χ1n) is 18.4. The van der Waals surface area contributed by atoms with Gasteiger partial charge in [0.25, 0.3) is 0 Å². The topological polar surface area (TPSA) is 106 Å². The summed E-state index contributed by atoms with van der Waals surface area (Å²) in [6, 6.07) is 6.62. The zero-order chi connectivity index (χ0) is 33.6. The van der Waals surface area contributed by atoms with Gasteiger partial charge in [0.15, 0.2) is 19.7 Å². The van der Waals surface area contributed by atoms with Crippen LogP contribution in [0.15, 0.2) is 18.2 Å². The van der Waals surface area contributed by atoms with Crippen LogP contribution in [0.1, 0.15) is 107 Å². The van der Waals surface area contributed by atoms with Crippen molar-refractivity contribution in [3.63, 3.8) is 0 Å². The first kappa shape index (κ1) is 33.0. The van der Waals surface area contributed by atoms with E-state index in [0.717, 1.165) is 73.1 Å². The van der Waals surface area contributed by atoms with Crippen molar-refractivity contribution in [2.24, 2.45) is 5.92 Å². The number of aromatic nitrogens is 1. The molecule has 2 saturated heterocycles. The summed E-state index contributed by atoms with van der Waals surface area (Å²) in [7, 11) is -5.29. The third kappa shape index (κ3) is 5.17. The SMILES string of the molecule is COc1ccc2c(c1)C1CC1(S(=O)(=O)C1CCN3CCCC3C1)Cn1c-2c(C2CCCCC2)c2c1=CC(C(O)CS(=O)(=O)C(C)C)CC=2. The lowest BCUT2D eigenvalue weighted by Gasteiger charge is -2.36. The largest absolute Gasteiger partial charge is 0.497 e. The van der Waals surface area contributed by atoms with Crippen LogP contribution >= 0.6 is 0 Å². The van der Waals surface area contributed by atoms with Crippen molar-refractivity contribution in [2.45, 2.75) is 130 Å². The fourth-order valence-corrected chi connectivity index (χ4v) is 14.1. The van der Waals surface area contributed by atoms with E-state index in [-0.39, 0.29) is 22.8 Å². The highest BCUT2D eigenvalue weighted by Crippen LogP contribution is 2.63. The van der Waals surface area contributed by atoms with Crippen molar-refractivity contribution >= 4 is 31.8 Å². The van der Waals surface area contributed by atoms with Crippen LogP contribution in [0.25, 0.3) is 23.4 Å². The van der Waals surface area contributed by atoms with Gasteiger partial charge in [-0.25, -0.2) is 16.8 Å². The summed E-state index contributed by atoms with van der Waals surface area (Å²) in [6.45, 7) is 5.66. The highest BCUT2D eigenvalue weighted by Gasteiger charge is 2.67. The minimum atomic E-state index is -3.52. The molecular weight excluding hydrogens is 645 g/mol. The van der Waals surface area contributed by atoms with Crippen LogP contribution in [-0.4, -0.2) is 84.8 Å². The molecule has 6 unspecified atom stereocenters. The Morgan fingerprint density at radius 1 is 1.02 bits per heavy atom. The quantitative estimate of drug-likeness (QED) is 0.440. The van der Waals surface area contributed by atoms with E-state index in [1.165, 1.54) is 30.0 Å². The minimum absolute atomic E-state index is 0.103. The van der Waals surface area contributed by atoms with Crippen LogP contribution in [0.4, 0.5) is 0 Å². The molecule has 0 radical (unpaired) electrons. The van der Waals surface area contributed by atoms with Crippen molar-refractivity contribution in [3.8, 4) is 17.0 Å². The number of methoxy groups -OCH3 is 1. The molecule has 1 aromatic carbocycles. The zero-order valence-electron chi connectivity index (χ0n) is 28.7. The van der Waals surface area contributed by atoms with Gasteiger partial charge in [-0.3, -0.25) is 0 Å². The summed E-state index contributed by atoms with van der Waals surface area (Å²) in [6.07, 6.45) is 13.9. The molecule has 48 heavy (non-hydrogen) atoms. The third-order valence-electron chi connectivity index (χ3n) is 13.1. The van der Waals surface area contributed by atoms with Crippen molar-refractivity contribution < 1.29 is 26.7 Å². The van der Waals surface area contributed by atoms with E-state index in [1.54, 1.807) is 21.0 Å². The Labute approximate surface area is 286 Å². The molecule has 2 aromatic rings. The van der Waals surface area contributed by atoms with E-state index >= 15 is 8.42 Å². The maximum Gasteiger partial charge on any atom is 0.161 e. The first-order chi connectivity index (χ1) is 22.9. The second kappa shape index (κ2) is 12.0. The van der Waals surface area contributed by atoms with Crippen LogP contribution in [-0.2, 0) is 26.2 Å². The molecule has 262 valence electrons. The molecule has 0 spiro atoms. The highest BCUT2D eigenvalue weighted by atomic mass is 32.2. The molecule has 2 saturated carbocycles. The summed E-state index contributed by atoms with van der Waals surface area (Å²) in [5.41, 5.74) is 4.65. The van der Waals surface area contributed by atoms with Crippen molar-refractivity contribution in [3.05, 3.63) is 39.9 Å². The van der Waals surface area contributed by atoms with Crippen LogP contribution in [0.5, 0.6) is 5.75 Å². The van der Waals surface area contributed by atoms with Crippen molar-refractivity contribution in [2.75, 3.05) is 26.0 Å². The van der Waals surface area contributed by atoms with E-state index in [2.05, 4.69) is 33.8 Å². The monoisotopic (exact) mass is 696 g/mol. The minimum Gasteiger partial charge on any atom is -0.497 e. The lowest BCUT2D eigenvalue weighted by Crippen LogP contribution is -2.48. The Morgan fingerprint density at radius 2 is 1.81 bits per heavy atom. The Hall–Kier alpha value is -2.14. The smallest absolute Gasteiger partial charge is 0.161 e. The normalized spacial score (nSPS) is 30.9. The van der Waals surface area contributed by atoms with Gasteiger partial charge in [0.2, 0.25) is 0 Å². The van der Waals surface area contributed by atoms with E-state index < -0.39 is 35.8 Å². The number of hydrogen-bond donors (Lipinski definition) is 1. The van der Waals surface area contributed by atoms with Crippen LogP contribution in [0.3, 0.4) is 0 Å². The molecule has 4 fully saturated rings. The highest BCUT2D eigenvalue weighted by molar-refractivity contribution is 7.93. The molecule has 6 aliphatic rings. The molecule has 1 aromatic heterocycles. The van der Waals surface area contributed by atoms with Gasteiger partial charge in [-0.15, -0.1) is 0 Å². The zero-order valence-corrected chi connectivity index (χ0v) is 30.4. The summed E-state index contributed by atoms with van der Waals surface area (Å²) in [5, 5.41) is 12.6. The molecule has 3 aliphatic carbocycles. The van der Waals surface area contributed by atoms with E-state index in [9.17, 15) is 13.5 Å². The number of hydrogen-bond acceptors (Lipinski definition) is 7. The van der Waals surface area contributed by atoms with Crippen molar-refractivity contribution in [1.82, 2.24) is 9.47 Å². The summed E-state index contributed by atoms with van der Waals surface area (Å²) >= 11 is 0. The molecule has 0 bridgehead atoms. The lowest BCUT2D eigenvalue weighted by molar-refractivity contribution is 0.160. The molecule has 10 heteroatoms. The molecule has 1 N–H and O–H groups in total. The summed E-state index contributed by atoms with van der Waals surface area (Å²) < 4.78 is 63.1. The molecule has 6 atom stereocenters. The van der Waals surface area contributed by atoms with Crippen LogP contribution in [0, 0.1) is 5.92 Å². The molecule has 3 aliphatic heterocycles. The second-order valence-electron chi connectivity index (χ2n) is 16.0. The Bertz CT molecular complexity index is 1940. The van der Waals surface area contributed by atoms with Gasteiger partial charge >= 0.3 is 0 Å². The first-order valence-corrected chi connectivity index (χ1v) is 21.7. The number of benzene rings is 1. The van der Waals surface area contributed by atoms with Gasteiger partial charge < -0.3 is 19.3 Å². The number of nitrogens with zero attached hydrogens (tertiary/aromatic N) is 2. The predicted octanol–water partition coefficient (Wildman–Crippen LogP) is 4.26. The van der Waals surface area contributed by atoms with E-state index in [0.29, 0.717) is 37.8 Å². The van der Waals surface area contributed by atoms with Gasteiger partial charge in [-0.05, 0) is 119 Å². The maximum absolute atomic E-state index is 15.1. The number of ether oxygens (including phenoxy) is 1. The Morgan fingerprint density at radius 3 is 2.56 bits per heavy atom. The fourth-order valence-electron chi connectivity index (χ4n) is 10.2. The van der Waals surface area contributed by atoms with Gasteiger partial charge in [0, 0.05) is 35.3 Å². The van der Waals surface area contributed by atoms with Crippen LogP contribution < -0.4 is 15.3 Å². The lowest BCUT2D eigenvalue weighted by atomic mass is 9.81. The summed E-state index contributed by atoms with van der Waals surface area (Å²) in [4.78, 5) is 2.49. The second-order valence-corrected chi connectivity index (χ2v) is 21.2. The average Bonchev–Trinajstić information content (AvgIpc) is 3.52. The number of rotatable bonds is 8. The molecular formula is C38H52N2O6S2. The predicted molar refractivity (Wildman–Crippen MR) is 190 cm³/mol. The number of aliphatic hydroxyl groups is 1. The average molecular weight is 697 g/mol. The maximum atomic E-state index is 15.1.